The van der Waals surface area contributed by atoms with Crippen molar-refractivity contribution in [3.8, 4) is 0 Å². The standard InChI is InChI=1S/C30H26N2O3S/c1-22-16-18-23(19-17-22)20-32-28-15-9-8-14-27(28)31-29(30(32)33)26(24-10-4-2-5-11-24)21-36(34,35)25-12-6-3-7-13-25/h2-19,26H,20-21H2,1H3. The van der Waals surface area contributed by atoms with Gasteiger partial charge in [-0.05, 0) is 42.3 Å². The summed E-state index contributed by atoms with van der Waals surface area (Å²) in [6, 6.07) is 33.2. The zero-order chi connectivity index (χ0) is 25.1. The summed E-state index contributed by atoms with van der Waals surface area (Å²) in [4.78, 5) is 19.0. The monoisotopic (exact) mass is 494 g/mol. The highest BCUT2D eigenvalue weighted by molar-refractivity contribution is 7.91. The first-order valence-electron chi connectivity index (χ1n) is 11.8. The van der Waals surface area contributed by atoms with Gasteiger partial charge in [0.2, 0.25) is 0 Å². The van der Waals surface area contributed by atoms with Gasteiger partial charge in [-0.1, -0.05) is 90.5 Å². The van der Waals surface area contributed by atoms with E-state index in [4.69, 9.17) is 4.98 Å². The molecule has 1 heterocycles. The van der Waals surface area contributed by atoms with Gasteiger partial charge in [0, 0.05) is 5.92 Å². The molecule has 5 rings (SSSR count). The highest BCUT2D eigenvalue weighted by atomic mass is 32.2. The molecule has 180 valence electrons. The van der Waals surface area contributed by atoms with Crippen molar-refractivity contribution in [1.29, 1.82) is 0 Å². The number of hydrogen-bond acceptors (Lipinski definition) is 4. The molecule has 0 aliphatic heterocycles. The molecule has 1 atom stereocenters. The molecule has 0 bridgehead atoms. The van der Waals surface area contributed by atoms with E-state index in [1.54, 1.807) is 34.9 Å². The maximum Gasteiger partial charge on any atom is 0.273 e. The largest absolute Gasteiger partial charge is 0.301 e. The fourth-order valence-electron chi connectivity index (χ4n) is 4.43. The molecule has 36 heavy (non-hydrogen) atoms. The Bertz CT molecular complexity index is 1660. The third kappa shape index (κ3) is 4.86. The lowest BCUT2D eigenvalue weighted by Crippen LogP contribution is -2.31. The second kappa shape index (κ2) is 9.91. The van der Waals surface area contributed by atoms with Gasteiger partial charge in [-0.2, -0.15) is 0 Å². The van der Waals surface area contributed by atoms with Crippen molar-refractivity contribution in [2.45, 2.75) is 24.3 Å². The van der Waals surface area contributed by atoms with E-state index in [9.17, 15) is 13.2 Å². The molecule has 1 unspecified atom stereocenters. The van der Waals surface area contributed by atoms with Crippen LogP contribution < -0.4 is 5.56 Å². The number of rotatable bonds is 7. The summed E-state index contributed by atoms with van der Waals surface area (Å²) >= 11 is 0. The average Bonchev–Trinajstić information content (AvgIpc) is 2.91. The zero-order valence-corrected chi connectivity index (χ0v) is 20.7. The molecule has 0 saturated carbocycles. The molecule has 6 heteroatoms. The molecule has 5 nitrogen and oxygen atoms in total. The van der Waals surface area contributed by atoms with Crippen LogP contribution in [0, 0.1) is 6.92 Å². The Morgan fingerprint density at radius 3 is 2.08 bits per heavy atom. The van der Waals surface area contributed by atoms with Gasteiger partial charge < -0.3 is 4.57 Å². The lowest BCUT2D eigenvalue weighted by molar-refractivity contribution is 0.590. The maximum atomic E-state index is 14.0. The summed E-state index contributed by atoms with van der Waals surface area (Å²) in [5.74, 6) is -0.982. The van der Waals surface area contributed by atoms with E-state index in [1.807, 2.05) is 85.8 Å². The van der Waals surface area contributed by atoms with Crippen LogP contribution in [0.2, 0.25) is 0 Å². The first kappa shape index (κ1) is 23.7. The fraction of sp³-hybridized carbons (Fsp3) is 0.133. The second-order valence-corrected chi connectivity index (χ2v) is 11.0. The molecule has 0 amide bonds. The summed E-state index contributed by atoms with van der Waals surface area (Å²) in [6.45, 7) is 2.38. The highest BCUT2D eigenvalue weighted by Gasteiger charge is 2.28. The second-order valence-electron chi connectivity index (χ2n) is 8.92. The molecule has 0 fully saturated rings. The first-order valence-corrected chi connectivity index (χ1v) is 13.5. The molecule has 0 aliphatic carbocycles. The Kier molecular flexibility index (Phi) is 6.53. The first-order chi connectivity index (χ1) is 17.4. The van der Waals surface area contributed by atoms with Gasteiger partial charge in [-0.25, -0.2) is 13.4 Å². The molecule has 0 saturated heterocycles. The number of hydrogen-bond donors (Lipinski definition) is 0. The van der Waals surface area contributed by atoms with Crippen LogP contribution in [0.15, 0.2) is 119 Å². The van der Waals surface area contributed by atoms with Gasteiger partial charge >= 0.3 is 0 Å². The normalized spacial score (nSPS) is 12.5. The lowest BCUT2D eigenvalue weighted by atomic mass is 9.97. The van der Waals surface area contributed by atoms with Crippen molar-refractivity contribution in [1.82, 2.24) is 9.55 Å². The van der Waals surface area contributed by atoms with Crippen molar-refractivity contribution in [3.05, 3.63) is 142 Å². The molecule has 0 radical (unpaired) electrons. The van der Waals surface area contributed by atoms with Crippen LogP contribution in [0.5, 0.6) is 0 Å². The maximum absolute atomic E-state index is 14.0. The zero-order valence-electron chi connectivity index (χ0n) is 19.9. The summed E-state index contributed by atoms with van der Waals surface area (Å²) in [5, 5.41) is 0. The van der Waals surface area contributed by atoms with Crippen LogP contribution in [-0.4, -0.2) is 23.7 Å². The predicted molar refractivity (Wildman–Crippen MR) is 143 cm³/mol. The molecule has 1 aromatic heterocycles. The van der Waals surface area contributed by atoms with Crippen LogP contribution in [0.3, 0.4) is 0 Å². The van der Waals surface area contributed by atoms with E-state index in [0.717, 1.165) is 16.7 Å². The number of benzene rings is 4. The number of fused-ring (bicyclic) bond motifs is 1. The Labute approximate surface area is 210 Å². The molecule has 0 spiro atoms. The SMILES string of the molecule is Cc1ccc(Cn2c(=O)c(C(CS(=O)(=O)c3ccccc3)c3ccccc3)nc3ccccc32)cc1. The predicted octanol–water partition coefficient (Wildman–Crippen LogP) is 5.36. The van der Waals surface area contributed by atoms with Crippen LogP contribution >= 0.6 is 0 Å². The fourth-order valence-corrected chi connectivity index (χ4v) is 5.99. The van der Waals surface area contributed by atoms with E-state index in [2.05, 4.69) is 0 Å². The van der Waals surface area contributed by atoms with E-state index < -0.39 is 15.8 Å². The van der Waals surface area contributed by atoms with Gasteiger partial charge in [0.1, 0.15) is 5.69 Å². The summed E-state index contributed by atoms with van der Waals surface area (Å²) in [6.07, 6.45) is 0. The minimum Gasteiger partial charge on any atom is -0.301 e. The van der Waals surface area contributed by atoms with E-state index in [1.165, 1.54) is 0 Å². The smallest absolute Gasteiger partial charge is 0.273 e. The highest BCUT2D eigenvalue weighted by Crippen LogP contribution is 2.27. The summed E-state index contributed by atoms with van der Waals surface area (Å²) < 4.78 is 28.6. The van der Waals surface area contributed by atoms with Gasteiger partial charge in [0.15, 0.2) is 9.84 Å². The van der Waals surface area contributed by atoms with Gasteiger partial charge in [-0.3, -0.25) is 4.79 Å². The third-order valence-corrected chi connectivity index (χ3v) is 8.12. The Hall–Kier alpha value is -4.03. The average molecular weight is 495 g/mol. The summed E-state index contributed by atoms with van der Waals surface area (Å²) in [5.41, 5.74) is 4.17. The number of para-hydroxylation sites is 2. The van der Waals surface area contributed by atoms with Crippen LogP contribution in [0.1, 0.15) is 28.3 Å². The lowest BCUT2D eigenvalue weighted by Gasteiger charge is -2.20. The topological polar surface area (TPSA) is 69.0 Å². The van der Waals surface area contributed by atoms with Crippen molar-refractivity contribution in [3.63, 3.8) is 0 Å². The number of aryl methyl sites for hydroxylation is 1. The quantitative estimate of drug-likeness (QED) is 0.306. The number of sulfone groups is 1. The molecule has 0 aliphatic rings. The van der Waals surface area contributed by atoms with Crippen molar-refractivity contribution in [2.24, 2.45) is 0 Å². The van der Waals surface area contributed by atoms with Crippen LogP contribution in [-0.2, 0) is 16.4 Å². The van der Waals surface area contributed by atoms with Crippen LogP contribution in [0.4, 0.5) is 0 Å². The van der Waals surface area contributed by atoms with Crippen molar-refractivity contribution < 1.29 is 8.42 Å². The Balaban J connectivity index is 1.69. The molecule has 5 aromatic rings. The molecule has 0 N–H and O–H groups in total. The van der Waals surface area contributed by atoms with Crippen molar-refractivity contribution in [2.75, 3.05) is 5.75 Å². The van der Waals surface area contributed by atoms with E-state index in [0.29, 0.717) is 17.6 Å². The summed E-state index contributed by atoms with van der Waals surface area (Å²) in [7, 11) is -3.69. The van der Waals surface area contributed by atoms with Gasteiger partial charge in [0.25, 0.3) is 5.56 Å². The minimum atomic E-state index is -3.69. The number of nitrogens with zero attached hydrogens (tertiary/aromatic N) is 2. The van der Waals surface area contributed by atoms with Gasteiger partial charge in [-0.15, -0.1) is 0 Å². The minimum absolute atomic E-state index is 0.228. The van der Waals surface area contributed by atoms with Crippen molar-refractivity contribution >= 4 is 20.9 Å². The molecule has 4 aromatic carbocycles. The Morgan fingerprint density at radius 2 is 1.39 bits per heavy atom. The molecular weight excluding hydrogens is 468 g/mol. The number of aromatic nitrogens is 2. The third-order valence-electron chi connectivity index (χ3n) is 6.36. The van der Waals surface area contributed by atoms with Crippen LogP contribution in [0.25, 0.3) is 11.0 Å². The van der Waals surface area contributed by atoms with E-state index in [-0.39, 0.29) is 21.9 Å². The Morgan fingerprint density at radius 1 is 0.778 bits per heavy atom. The molecular formula is C30H26N2O3S. The van der Waals surface area contributed by atoms with E-state index >= 15 is 0 Å². The van der Waals surface area contributed by atoms with Gasteiger partial charge in [0.05, 0.1) is 28.2 Å².